The van der Waals surface area contributed by atoms with Crippen molar-refractivity contribution in [2.24, 2.45) is 0 Å². The highest BCUT2D eigenvalue weighted by Gasteiger charge is 1.97. The molecule has 0 spiro atoms. The standard InChI is InChI=1S/C8H8BrI/c1-6(9)7-2-4-8(10)5-3-7/h2-6H,1H3. The highest BCUT2D eigenvalue weighted by Crippen LogP contribution is 2.21. The van der Waals surface area contributed by atoms with Crippen molar-refractivity contribution in [2.75, 3.05) is 0 Å². The molecule has 0 saturated heterocycles. The molecular formula is C8H8BrI. The first-order valence-electron chi connectivity index (χ1n) is 3.09. The molecule has 0 aliphatic heterocycles. The monoisotopic (exact) mass is 310 g/mol. The first kappa shape index (κ1) is 8.53. The van der Waals surface area contributed by atoms with Crippen LogP contribution >= 0.6 is 38.5 Å². The average Bonchev–Trinajstić information content (AvgIpc) is 1.88. The van der Waals surface area contributed by atoms with Crippen LogP contribution in [0.1, 0.15) is 17.3 Å². The number of benzene rings is 1. The molecule has 0 fully saturated rings. The maximum Gasteiger partial charge on any atom is 0.0367 e. The van der Waals surface area contributed by atoms with Gasteiger partial charge in [0.1, 0.15) is 0 Å². The van der Waals surface area contributed by atoms with Gasteiger partial charge in [0.05, 0.1) is 0 Å². The van der Waals surface area contributed by atoms with Crippen LogP contribution in [0.4, 0.5) is 0 Å². The van der Waals surface area contributed by atoms with Gasteiger partial charge in [-0.15, -0.1) is 0 Å². The Morgan fingerprint density at radius 1 is 1.30 bits per heavy atom. The second kappa shape index (κ2) is 3.72. The third-order valence-electron chi connectivity index (χ3n) is 1.33. The lowest BCUT2D eigenvalue weighted by atomic mass is 10.2. The third kappa shape index (κ3) is 2.23. The quantitative estimate of drug-likeness (QED) is 0.547. The van der Waals surface area contributed by atoms with E-state index in [4.69, 9.17) is 0 Å². The molecule has 2 heteroatoms. The fourth-order valence-electron chi connectivity index (χ4n) is 0.728. The largest absolute Gasteiger partial charge is 0.0842 e. The molecule has 1 unspecified atom stereocenters. The van der Waals surface area contributed by atoms with E-state index in [9.17, 15) is 0 Å². The van der Waals surface area contributed by atoms with Crippen LogP contribution in [0.5, 0.6) is 0 Å². The molecule has 0 aromatic heterocycles. The Hall–Kier alpha value is 0.430. The Labute approximate surface area is 83.3 Å². The summed E-state index contributed by atoms with van der Waals surface area (Å²) >= 11 is 5.81. The zero-order chi connectivity index (χ0) is 7.56. The van der Waals surface area contributed by atoms with Gasteiger partial charge in [-0.1, -0.05) is 28.1 Å². The third-order valence-corrected chi connectivity index (χ3v) is 2.58. The summed E-state index contributed by atoms with van der Waals surface area (Å²) < 4.78 is 1.29. The second-order valence-corrected chi connectivity index (χ2v) is 4.79. The van der Waals surface area contributed by atoms with Crippen LogP contribution in [0.3, 0.4) is 0 Å². The van der Waals surface area contributed by atoms with Crippen molar-refractivity contribution in [1.82, 2.24) is 0 Å². The fourth-order valence-corrected chi connectivity index (χ4v) is 1.39. The molecule has 0 aliphatic carbocycles. The van der Waals surface area contributed by atoms with Gasteiger partial charge in [-0.3, -0.25) is 0 Å². The highest BCUT2D eigenvalue weighted by molar-refractivity contribution is 14.1. The smallest absolute Gasteiger partial charge is 0.0367 e. The Kier molecular flexibility index (Phi) is 3.17. The van der Waals surface area contributed by atoms with Crippen molar-refractivity contribution in [3.63, 3.8) is 0 Å². The Morgan fingerprint density at radius 3 is 2.20 bits per heavy atom. The molecule has 0 amide bonds. The molecule has 0 saturated carbocycles. The maximum absolute atomic E-state index is 3.50. The first-order chi connectivity index (χ1) is 4.70. The lowest BCUT2D eigenvalue weighted by Gasteiger charge is -2.01. The molecular weight excluding hydrogens is 303 g/mol. The van der Waals surface area contributed by atoms with E-state index in [0.29, 0.717) is 4.83 Å². The Bertz CT molecular complexity index is 203. The summed E-state index contributed by atoms with van der Waals surface area (Å²) in [7, 11) is 0. The number of hydrogen-bond acceptors (Lipinski definition) is 0. The fraction of sp³-hybridized carbons (Fsp3) is 0.250. The van der Waals surface area contributed by atoms with E-state index < -0.39 is 0 Å². The van der Waals surface area contributed by atoms with Crippen LogP contribution in [0.25, 0.3) is 0 Å². The minimum atomic E-state index is 0.462. The van der Waals surface area contributed by atoms with Gasteiger partial charge in [-0.25, -0.2) is 0 Å². The minimum Gasteiger partial charge on any atom is -0.0842 e. The molecule has 0 N–H and O–H groups in total. The Balaban J connectivity index is 2.89. The average molecular weight is 311 g/mol. The summed E-state index contributed by atoms with van der Waals surface area (Å²) in [5.74, 6) is 0. The molecule has 0 nitrogen and oxygen atoms in total. The zero-order valence-electron chi connectivity index (χ0n) is 5.64. The van der Waals surface area contributed by atoms with Crippen LogP contribution < -0.4 is 0 Å². The molecule has 0 radical (unpaired) electrons. The van der Waals surface area contributed by atoms with Gasteiger partial charge in [0, 0.05) is 8.40 Å². The molecule has 54 valence electrons. The number of rotatable bonds is 1. The van der Waals surface area contributed by atoms with Crippen LogP contribution in [0.2, 0.25) is 0 Å². The zero-order valence-corrected chi connectivity index (χ0v) is 9.39. The van der Waals surface area contributed by atoms with Crippen molar-refractivity contribution in [3.05, 3.63) is 33.4 Å². The van der Waals surface area contributed by atoms with Crippen LogP contribution in [0.15, 0.2) is 24.3 Å². The van der Waals surface area contributed by atoms with E-state index in [-0.39, 0.29) is 0 Å². The van der Waals surface area contributed by atoms with Gasteiger partial charge >= 0.3 is 0 Å². The summed E-state index contributed by atoms with van der Waals surface area (Å²) in [6.07, 6.45) is 0. The molecule has 0 bridgehead atoms. The van der Waals surface area contributed by atoms with Gasteiger partial charge in [-0.05, 0) is 47.2 Å². The normalized spacial score (nSPS) is 13.1. The van der Waals surface area contributed by atoms with E-state index in [2.05, 4.69) is 69.7 Å². The summed E-state index contributed by atoms with van der Waals surface area (Å²) in [6, 6.07) is 8.52. The molecule has 0 aliphatic rings. The molecule has 0 heterocycles. The number of alkyl halides is 1. The summed E-state index contributed by atoms with van der Waals surface area (Å²) in [4.78, 5) is 0.462. The van der Waals surface area contributed by atoms with Crippen LogP contribution in [-0.4, -0.2) is 0 Å². The number of halogens is 2. The number of hydrogen-bond donors (Lipinski definition) is 0. The van der Waals surface area contributed by atoms with E-state index in [1.165, 1.54) is 9.13 Å². The highest BCUT2D eigenvalue weighted by atomic mass is 127. The SMILES string of the molecule is CC(Br)c1ccc(I)cc1. The van der Waals surface area contributed by atoms with Gasteiger partial charge < -0.3 is 0 Å². The van der Waals surface area contributed by atoms with E-state index in [1.807, 2.05) is 0 Å². The van der Waals surface area contributed by atoms with Gasteiger partial charge in [0.15, 0.2) is 0 Å². The lowest BCUT2D eigenvalue weighted by Crippen LogP contribution is -1.81. The van der Waals surface area contributed by atoms with Crippen molar-refractivity contribution in [3.8, 4) is 0 Å². The van der Waals surface area contributed by atoms with Crippen LogP contribution in [-0.2, 0) is 0 Å². The Morgan fingerprint density at radius 2 is 1.80 bits per heavy atom. The molecule has 1 atom stereocenters. The molecule has 1 rings (SSSR count). The summed E-state index contributed by atoms with van der Waals surface area (Å²) in [5.41, 5.74) is 1.33. The summed E-state index contributed by atoms with van der Waals surface area (Å²) in [5, 5.41) is 0. The van der Waals surface area contributed by atoms with Crippen molar-refractivity contribution >= 4 is 38.5 Å². The first-order valence-corrected chi connectivity index (χ1v) is 5.09. The van der Waals surface area contributed by atoms with Gasteiger partial charge in [0.25, 0.3) is 0 Å². The van der Waals surface area contributed by atoms with Crippen molar-refractivity contribution < 1.29 is 0 Å². The topological polar surface area (TPSA) is 0 Å². The van der Waals surface area contributed by atoms with Crippen molar-refractivity contribution in [1.29, 1.82) is 0 Å². The predicted molar refractivity (Wildman–Crippen MR) is 56.5 cm³/mol. The van der Waals surface area contributed by atoms with Gasteiger partial charge in [-0.2, -0.15) is 0 Å². The van der Waals surface area contributed by atoms with E-state index in [1.54, 1.807) is 0 Å². The van der Waals surface area contributed by atoms with E-state index in [0.717, 1.165) is 0 Å². The van der Waals surface area contributed by atoms with Crippen LogP contribution in [0, 0.1) is 3.57 Å². The molecule has 1 aromatic carbocycles. The maximum atomic E-state index is 3.50. The lowest BCUT2D eigenvalue weighted by molar-refractivity contribution is 1.12. The van der Waals surface area contributed by atoms with E-state index >= 15 is 0 Å². The second-order valence-electron chi connectivity index (χ2n) is 2.17. The summed E-state index contributed by atoms with van der Waals surface area (Å²) in [6.45, 7) is 2.13. The van der Waals surface area contributed by atoms with Crippen molar-refractivity contribution in [2.45, 2.75) is 11.8 Å². The van der Waals surface area contributed by atoms with Gasteiger partial charge in [0.2, 0.25) is 0 Å². The minimum absolute atomic E-state index is 0.462. The molecule has 1 aromatic rings. The predicted octanol–water partition coefficient (Wildman–Crippen LogP) is 3.75. The molecule has 10 heavy (non-hydrogen) atoms.